The molecule has 0 aliphatic rings. The lowest BCUT2D eigenvalue weighted by atomic mass is 10.2. The number of anilines is 2. The fraction of sp³-hybridized carbons (Fsp3) is 0.0800. The molecule has 0 spiro atoms. The topological polar surface area (TPSA) is 92.2 Å². The molecule has 35 heavy (non-hydrogen) atoms. The average molecular weight is 663 g/mol. The van der Waals surface area contributed by atoms with Crippen molar-refractivity contribution in [3.63, 3.8) is 0 Å². The Morgan fingerprint density at radius 1 is 0.771 bits per heavy atom. The summed E-state index contributed by atoms with van der Waals surface area (Å²) < 4.78 is 3.74. The molecule has 0 saturated carbocycles. The van der Waals surface area contributed by atoms with Gasteiger partial charge in [0, 0.05) is 24.5 Å². The van der Waals surface area contributed by atoms with E-state index in [1.807, 2.05) is 32.0 Å². The number of carbonyl (C=O) groups is 3. The number of hydrogen-bond donors (Lipinski definition) is 3. The second kappa shape index (κ2) is 10.3. The van der Waals surface area contributed by atoms with Crippen molar-refractivity contribution >= 4 is 87.8 Å². The normalized spacial score (nSPS) is 10.8. The summed E-state index contributed by atoms with van der Waals surface area (Å²) in [6, 6.07) is 17.8. The summed E-state index contributed by atoms with van der Waals surface area (Å²) >= 11 is 10.3. The van der Waals surface area contributed by atoms with Crippen LogP contribution in [0.5, 0.6) is 0 Å². The van der Waals surface area contributed by atoms with E-state index in [0.29, 0.717) is 22.3 Å². The van der Waals surface area contributed by atoms with Gasteiger partial charge < -0.3 is 10.6 Å². The van der Waals surface area contributed by atoms with Crippen LogP contribution in [0.1, 0.15) is 21.6 Å². The van der Waals surface area contributed by atoms with E-state index in [1.54, 1.807) is 42.5 Å². The highest BCUT2D eigenvalue weighted by molar-refractivity contribution is 9.11. The lowest BCUT2D eigenvalue weighted by molar-refractivity contribution is -0.133. The quantitative estimate of drug-likeness (QED) is 0.218. The van der Waals surface area contributed by atoms with Crippen molar-refractivity contribution in [3.05, 3.63) is 90.9 Å². The zero-order valence-electron chi connectivity index (χ0n) is 18.6. The Bertz CT molecular complexity index is 1500. The molecule has 0 atom stereocenters. The van der Waals surface area contributed by atoms with Crippen molar-refractivity contribution < 1.29 is 14.4 Å². The maximum Gasteiger partial charge on any atom is 0.328 e. The molecule has 10 heteroatoms. The summed E-state index contributed by atoms with van der Waals surface area (Å²) in [7, 11) is 0. The van der Waals surface area contributed by atoms with Gasteiger partial charge in [-0.2, -0.15) is 0 Å². The Balaban J connectivity index is 1.63. The third-order valence-electron chi connectivity index (χ3n) is 5.20. The number of carbonyl (C=O) groups excluding carboxylic acids is 3. The number of benzene rings is 3. The van der Waals surface area contributed by atoms with Crippen LogP contribution in [-0.4, -0.2) is 22.4 Å². The van der Waals surface area contributed by atoms with Crippen molar-refractivity contribution in [2.75, 3.05) is 16.1 Å². The minimum atomic E-state index is -0.920. The first-order valence-corrected chi connectivity index (χ1v) is 12.8. The molecule has 0 aliphatic carbocycles. The summed E-state index contributed by atoms with van der Waals surface area (Å²) in [5, 5.41) is 6.14. The first-order chi connectivity index (χ1) is 16.6. The number of nitrogens with zero attached hydrogens (tertiary/aromatic N) is 1. The van der Waals surface area contributed by atoms with E-state index in [4.69, 9.17) is 0 Å². The molecule has 3 amide bonds. The van der Waals surface area contributed by atoms with Gasteiger partial charge in [-0.25, -0.2) is 4.68 Å². The van der Waals surface area contributed by atoms with Crippen LogP contribution in [0.15, 0.2) is 74.1 Å². The van der Waals surface area contributed by atoms with Crippen LogP contribution < -0.4 is 16.1 Å². The molecule has 4 rings (SSSR count). The van der Waals surface area contributed by atoms with Crippen molar-refractivity contribution in [2.24, 2.45) is 0 Å². The van der Waals surface area contributed by atoms with Crippen LogP contribution in [0.4, 0.5) is 11.4 Å². The molecule has 1 aromatic heterocycles. The molecule has 0 saturated heterocycles. The molecule has 3 N–H and O–H groups in total. The molecule has 178 valence electrons. The zero-order chi connectivity index (χ0) is 25.3. The van der Waals surface area contributed by atoms with E-state index in [0.717, 1.165) is 24.5 Å². The highest BCUT2D eigenvalue weighted by Crippen LogP contribution is 2.27. The molecule has 3 aromatic carbocycles. The molecule has 0 bridgehead atoms. The minimum Gasteiger partial charge on any atom is -0.320 e. The van der Waals surface area contributed by atoms with Gasteiger partial charge in [0.15, 0.2) is 0 Å². The van der Waals surface area contributed by atoms with Gasteiger partial charge in [0.2, 0.25) is 0 Å². The van der Waals surface area contributed by atoms with E-state index < -0.39 is 17.7 Å². The van der Waals surface area contributed by atoms with E-state index in [9.17, 15) is 14.4 Å². The van der Waals surface area contributed by atoms with Gasteiger partial charge in [0.1, 0.15) is 5.69 Å². The van der Waals surface area contributed by atoms with Crippen LogP contribution in [0, 0.1) is 13.8 Å². The van der Waals surface area contributed by atoms with E-state index >= 15 is 0 Å². The van der Waals surface area contributed by atoms with Gasteiger partial charge in [0.25, 0.3) is 5.91 Å². The molecule has 0 aliphatic heterocycles. The van der Waals surface area contributed by atoms with Crippen LogP contribution in [0.25, 0.3) is 10.9 Å². The fourth-order valence-corrected chi connectivity index (χ4v) is 4.66. The highest BCUT2D eigenvalue weighted by atomic mass is 79.9. The number of fused-ring (bicyclic) bond motifs is 1. The Labute approximate surface area is 226 Å². The lowest BCUT2D eigenvalue weighted by Gasteiger charge is -2.13. The van der Waals surface area contributed by atoms with Crippen molar-refractivity contribution in [1.29, 1.82) is 0 Å². The maximum absolute atomic E-state index is 13.2. The van der Waals surface area contributed by atoms with E-state index in [-0.39, 0.29) is 5.69 Å². The molecule has 7 nitrogen and oxygen atoms in total. The Kier molecular flexibility index (Phi) is 7.44. The number of halogens is 3. The number of hydrogen-bond acceptors (Lipinski definition) is 3. The highest BCUT2D eigenvalue weighted by Gasteiger charge is 2.22. The van der Waals surface area contributed by atoms with Gasteiger partial charge in [-0.1, -0.05) is 37.9 Å². The summed E-state index contributed by atoms with van der Waals surface area (Å²) in [6.07, 6.45) is 0. The molecule has 1 heterocycles. The van der Waals surface area contributed by atoms with Gasteiger partial charge in [-0.3, -0.25) is 19.8 Å². The molecule has 0 fully saturated rings. The monoisotopic (exact) mass is 660 g/mol. The predicted molar refractivity (Wildman–Crippen MR) is 148 cm³/mol. The summed E-state index contributed by atoms with van der Waals surface area (Å²) in [6.45, 7) is 3.82. The number of aryl methyl sites for hydroxylation is 2. The fourth-order valence-electron chi connectivity index (χ4n) is 3.44. The largest absolute Gasteiger partial charge is 0.328 e. The molecule has 4 aromatic rings. The number of aromatic nitrogens is 1. The third-order valence-corrected chi connectivity index (χ3v) is 7.24. The van der Waals surface area contributed by atoms with Gasteiger partial charge >= 0.3 is 11.8 Å². The molecular weight excluding hydrogens is 644 g/mol. The minimum absolute atomic E-state index is 0.159. The maximum atomic E-state index is 13.2. The number of amides is 3. The smallest absolute Gasteiger partial charge is 0.320 e. The summed E-state index contributed by atoms with van der Waals surface area (Å²) in [4.78, 5) is 38.6. The second-order valence-electron chi connectivity index (χ2n) is 7.86. The summed E-state index contributed by atoms with van der Waals surface area (Å²) in [5.41, 5.74) is 6.28. The first-order valence-electron chi connectivity index (χ1n) is 10.4. The third kappa shape index (κ3) is 5.66. The summed E-state index contributed by atoms with van der Waals surface area (Å²) in [5.74, 6) is -2.24. The van der Waals surface area contributed by atoms with Crippen LogP contribution in [-0.2, 0) is 9.59 Å². The number of nitrogens with one attached hydrogen (secondary N) is 3. The van der Waals surface area contributed by atoms with Crippen molar-refractivity contribution in [2.45, 2.75) is 13.8 Å². The standard InChI is InChI=1S/C25H19Br3N4O3/c1-13-3-7-20(19(28)9-13)30-23(33)22-12-15-11-16(26)4-8-21(15)32(22)31-25(35)24(34)29-17-5-6-18(27)14(2)10-17/h3-12H,1-2H3,(H,29,34)(H,30,33)(H,31,35). The Morgan fingerprint density at radius 2 is 1.54 bits per heavy atom. The van der Waals surface area contributed by atoms with Crippen LogP contribution >= 0.6 is 47.8 Å². The van der Waals surface area contributed by atoms with Gasteiger partial charge in [-0.15, -0.1) is 0 Å². The average Bonchev–Trinajstić information content (AvgIpc) is 3.15. The molecule has 0 unspecified atom stereocenters. The molecule has 0 radical (unpaired) electrons. The predicted octanol–water partition coefficient (Wildman–Crippen LogP) is 6.51. The Hall–Kier alpha value is -2.95. The van der Waals surface area contributed by atoms with Crippen molar-refractivity contribution in [1.82, 2.24) is 4.68 Å². The first kappa shape index (κ1) is 25.2. The lowest BCUT2D eigenvalue weighted by Crippen LogP contribution is -2.36. The number of rotatable bonds is 4. The van der Waals surface area contributed by atoms with Gasteiger partial charge in [0.05, 0.1) is 11.2 Å². The van der Waals surface area contributed by atoms with Crippen LogP contribution in [0.3, 0.4) is 0 Å². The SMILES string of the molecule is Cc1ccc(NC(=O)c2cc3cc(Br)ccc3n2NC(=O)C(=O)Nc2ccc(Br)c(C)c2)c(Br)c1. The van der Waals surface area contributed by atoms with E-state index in [2.05, 4.69) is 63.8 Å². The van der Waals surface area contributed by atoms with Crippen molar-refractivity contribution in [3.8, 4) is 0 Å². The zero-order valence-corrected chi connectivity index (χ0v) is 23.3. The van der Waals surface area contributed by atoms with Crippen LogP contribution in [0.2, 0.25) is 0 Å². The second-order valence-corrected chi connectivity index (χ2v) is 10.5. The molecular formula is C25H19Br3N4O3. The van der Waals surface area contributed by atoms with Gasteiger partial charge in [-0.05, 0) is 95.5 Å². The Morgan fingerprint density at radius 3 is 2.26 bits per heavy atom. The van der Waals surface area contributed by atoms with E-state index in [1.165, 1.54) is 4.68 Å².